The normalized spacial score (nSPS) is 12.6. The Hall–Kier alpha value is -0.500. The summed E-state index contributed by atoms with van der Waals surface area (Å²) in [4.78, 5) is 4.35. The average molecular weight is 263 g/mol. The molecule has 5 nitrogen and oxygen atoms in total. The summed E-state index contributed by atoms with van der Waals surface area (Å²) in [6.07, 6.45) is 0. The van der Waals surface area contributed by atoms with Crippen LogP contribution in [0.15, 0.2) is 5.38 Å². The summed E-state index contributed by atoms with van der Waals surface area (Å²) in [6.45, 7) is 4.36. The van der Waals surface area contributed by atoms with Crippen LogP contribution < -0.4 is 4.72 Å². The third kappa shape index (κ3) is 3.51. The lowest BCUT2D eigenvalue weighted by atomic mass is 10.2. The number of rotatable bonds is 5. The Morgan fingerprint density at radius 2 is 2.12 bits per heavy atom. The van der Waals surface area contributed by atoms with Gasteiger partial charge < -0.3 is 0 Å². The van der Waals surface area contributed by atoms with Crippen molar-refractivity contribution in [3.63, 3.8) is 0 Å². The fraction of sp³-hybridized carbons (Fsp3) is 0.667. The molecular formula is C9H17N3O2S2. The third-order valence-corrected chi connectivity index (χ3v) is 4.39. The molecule has 0 aromatic carbocycles. The second-order valence-electron chi connectivity index (χ2n) is 3.93. The molecule has 7 heteroatoms. The van der Waals surface area contributed by atoms with Crippen molar-refractivity contribution >= 4 is 21.5 Å². The summed E-state index contributed by atoms with van der Waals surface area (Å²) in [5, 5.41) is 2.75. The minimum Gasteiger partial charge on any atom is -0.245 e. The molecule has 0 saturated carbocycles. The highest BCUT2D eigenvalue weighted by Crippen LogP contribution is 2.17. The van der Waals surface area contributed by atoms with Gasteiger partial charge in [0.1, 0.15) is 5.01 Å². The first kappa shape index (κ1) is 13.6. The molecule has 1 aromatic heterocycles. The summed E-state index contributed by atoms with van der Waals surface area (Å²) >= 11 is 1.47. The van der Waals surface area contributed by atoms with Gasteiger partial charge in [-0.2, -0.15) is 17.4 Å². The van der Waals surface area contributed by atoms with Gasteiger partial charge in [-0.1, -0.05) is 13.8 Å². The Morgan fingerprint density at radius 3 is 2.56 bits per heavy atom. The number of thiazole rings is 1. The van der Waals surface area contributed by atoms with Crippen molar-refractivity contribution in [3.05, 3.63) is 16.1 Å². The van der Waals surface area contributed by atoms with Crippen molar-refractivity contribution in [1.29, 1.82) is 0 Å². The molecule has 92 valence electrons. The third-order valence-electron chi connectivity index (χ3n) is 2.05. The maximum absolute atomic E-state index is 11.4. The van der Waals surface area contributed by atoms with Crippen molar-refractivity contribution in [2.45, 2.75) is 26.3 Å². The number of hydrogen-bond donors (Lipinski definition) is 1. The standard InChI is InChI=1S/C9H17N3O2S2/c1-7(2)8-6-15-9(11-8)5-10-16(13,14)12(3)4/h6-7,10H,5H2,1-4H3. The van der Waals surface area contributed by atoms with Crippen LogP contribution in [0.5, 0.6) is 0 Å². The first-order chi connectivity index (χ1) is 7.33. The molecular weight excluding hydrogens is 246 g/mol. The summed E-state index contributed by atoms with van der Waals surface area (Å²) in [5.41, 5.74) is 1.00. The molecule has 0 amide bonds. The van der Waals surface area contributed by atoms with E-state index in [1.54, 1.807) is 0 Å². The lowest BCUT2D eigenvalue weighted by molar-refractivity contribution is 0.505. The van der Waals surface area contributed by atoms with E-state index in [4.69, 9.17) is 0 Å². The van der Waals surface area contributed by atoms with Gasteiger partial charge in [0.15, 0.2) is 0 Å². The van der Waals surface area contributed by atoms with Gasteiger partial charge in [0.2, 0.25) is 0 Å². The maximum Gasteiger partial charge on any atom is 0.279 e. The fourth-order valence-electron chi connectivity index (χ4n) is 0.954. The van der Waals surface area contributed by atoms with Gasteiger partial charge in [0.05, 0.1) is 12.2 Å². The zero-order valence-electron chi connectivity index (χ0n) is 9.89. The summed E-state index contributed by atoms with van der Waals surface area (Å²) < 4.78 is 26.5. The van der Waals surface area contributed by atoms with Crippen molar-refractivity contribution in [2.75, 3.05) is 14.1 Å². The van der Waals surface area contributed by atoms with E-state index in [1.165, 1.54) is 25.4 Å². The van der Waals surface area contributed by atoms with E-state index in [2.05, 4.69) is 23.6 Å². The molecule has 0 aliphatic rings. The van der Waals surface area contributed by atoms with Gasteiger partial charge in [-0.3, -0.25) is 0 Å². The van der Waals surface area contributed by atoms with Gasteiger partial charge in [0.25, 0.3) is 10.2 Å². The molecule has 0 fully saturated rings. The number of aromatic nitrogens is 1. The van der Waals surface area contributed by atoms with Gasteiger partial charge in [-0.15, -0.1) is 11.3 Å². The van der Waals surface area contributed by atoms with Crippen LogP contribution in [0.25, 0.3) is 0 Å². The van der Waals surface area contributed by atoms with Crippen LogP contribution in [-0.4, -0.2) is 31.8 Å². The maximum atomic E-state index is 11.4. The molecule has 0 unspecified atom stereocenters. The lowest BCUT2D eigenvalue weighted by Crippen LogP contribution is -2.35. The molecule has 1 heterocycles. The monoisotopic (exact) mass is 263 g/mol. The van der Waals surface area contributed by atoms with Crippen LogP contribution in [0, 0.1) is 0 Å². The smallest absolute Gasteiger partial charge is 0.245 e. The van der Waals surface area contributed by atoms with E-state index in [1.807, 2.05) is 5.38 Å². The molecule has 1 aromatic rings. The first-order valence-electron chi connectivity index (χ1n) is 4.94. The molecule has 0 radical (unpaired) electrons. The average Bonchev–Trinajstić information content (AvgIpc) is 2.63. The molecule has 0 spiro atoms. The van der Waals surface area contributed by atoms with Gasteiger partial charge in [-0.25, -0.2) is 4.98 Å². The predicted molar refractivity (Wildman–Crippen MR) is 65.6 cm³/mol. The highest BCUT2D eigenvalue weighted by atomic mass is 32.2. The molecule has 0 atom stereocenters. The highest BCUT2D eigenvalue weighted by molar-refractivity contribution is 7.87. The second kappa shape index (κ2) is 5.22. The molecule has 16 heavy (non-hydrogen) atoms. The van der Waals surface area contributed by atoms with Crippen LogP contribution in [0.2, 0.25) is 0 Å². The Labute approximate surface area is 101 Å². The van der Waals surface area contributed by atoms with E-state index >= 15 is 0 Å². The number of hydrogen-bond acceptors (Lipinski definition) is 4. The zero-order valence-corrected chi connectivity index (χ0v) is 11.5. The summed E-state index contributed by atoms with van der Waals surface area (Å²) in [6, 6.07) is 0. The Balaban J connectivity index is 2.62. The topological polar surface area (TPSA) is 62.3 Å². The summed E-state index contributed by atoms with van der Waals surface area (Å²) in [5.74, 6) is 0.371. The van der Waals surface area contributed by atoms with E-state index < -0.39 is 10.2 Å². The molecule has 0 saturated heterocycles. The van der Waals surface area contributed by atoms with Crippen molar-refractivity contribution in [1.82, 2.24) is 14.0 Å². The van der Waals surface area contributed by atoms with E-state index in [0.717, 1.165) is 15.0 Å². The second-order valence-corrected chi connectivity index (χ2v) is 6.84. The fourth-order valence-corrected chi connectivity index (χ4v) is 2.52. The van der Waals surface area contributed by atoms with Crippen LogP contribution in [0.4, 0.5) is 0 Å². The lowest BCUT2D eigenvalue weighted by Gasteiger charge is -2.10. The minimum absolute atomic E-state index is 0.248. The zero-order chi connectivity index (χ0) is 12.3. The van der Waals surface area contributed by atoms with Crippen molar-refractivity contribution in [2.24, 2.45) is 0 Å². The van der Waals surface area contributed by atoms with Gasteiger partial charge in [0, 0.05) is 19.5 Å². The Bertz CT molecular complexity index is 437. The number of nitrogens with one attached hydrogen (secondary N) is 1. The minimum atomic E-state index is -3.36. The Morgan fingerprint density at radius 1 is 1.50 bits per heavy atom. The van der Waals surface area contributed by atoms with Crippen molar-refractivity contribution in [3.8, 4) is 0 Å². The summed E-state index contributed by atoms with van der Waals surface area (Å²) in [7, 11) is -0.378. The van der Waals surface area contributed by atoms with Crippen LogP contribution in [0.3, 0.4) is 0 Å². The number of nitrogens with zero attached hydrogens (tertiary/aromatic N) is 2. The van der Waals surface area contributed by atoms with Crippen LogP contribution >= 0.6 is 11.3 Å². The Kier molecular flexibility index (Phi) is 4.43. The first-order valence-corrected chi connectivity index (χ1v) is 7.26. The SMILES string of the molecule is CC(C)c1csc(CNS(=O)(=O)N(C)C)n1. The van der Waals surface area contributed by atoms with Crippen molar-refractivity contribution < 1.29 is 8.42 Å². The van der Waals surface area contributed by atoms with Gasteiger partial charge in [-0.05, 0) is 5.92 Å². The van der Waals surface area contributed by atoms with Crippen LogP contribution in [-0.2, 0) is 16.8 Å². The quantitative estimate of drug-likeness (QED) is 0.867. The predicted octanol–water partition coefficient (Wildman–Crippen LogP) is 1.16. The van der Waals surface area contributed by atoms with E-state index in [0.29, 0.717) is 5.92 Å². The van der Waals surface area contributed by atoms with Crippen LogP contribution in [0.1, 0.15) is 30.5 Å². The molecule has 0 bridgehead atoms. The molecule has 1 N–H and O–H groups in total. The molecule has 0 aliphatic heterocycles. The van der Waals surface area contributed by atoms with E-state index in [-0.39, 0.29) is 6.54 Å². The highest BCUT2D eigenvalue weighted by Gasteiger charge is 2.13. The molecule has 0 aliphatic carbocycles. The largest absolute Gasteiger partial charge is 0.279 e. The molecule has 1 rings (SSSR count). The van der Waals surface area contributed by atoms with E-state index in [9.17, 15) is 8.42 Å². The van der Waals surface area contributed by atoms with Gasteiger partial charge >= 0.3 is 0 Å².